The summed E-state index contributed by atoms with van der Waals surface area (Å²) >= 11 is 0. The van der Waals surface area contributed by atoms with Crippen molar-refractivity contribution in [3.63, 3.8) is 0 Å². The molecule has 2 aromatic carbocycles. The first-order valence-electron chi connectivity index (χ1n) is 8.68. The molecule has 0 unspecified atom stereocenters. The molecule has 6 nitrogen and oxygen atoms in total. The lowest BCUT2D eigenvalue weighted by atomic mass is 10.1. The predicted molar refractivity (Wildman–Crippen MR) is 100 cm³/mol. The number of para-hydroxylation sites is 1. The van der Waals surface area contributed by atoms with Gasteiger partial charge in [-0.15, -0.1) is 0 Å². The molecule has 0 aliphatic heterocycles. The van der Waals surface area contributed by atoms with E-state index < -0.39 is 17.6 Å². The summed E-state index contributed by atoms with van der Waals surface area (Å²) in [5, 5.41) is 5.31. The number of aromatic nitrogens is 2. The van der Waals surface area contributed by atoms with Crippen LogP contribution in [0.25, 0.3) is 0 Å². The van der Waals surface area contributed by atoms with Crippen LogP contribution in [0, 0.1) is 0 Å². The van der Waals surface area contributed by atoms with E-state index in [0.29, 0.717) is 13.0 Å². The van der Waals surface area contributed by atoms with Crippen molar-refractivity contribution >= 4 is 17.5 Å². The molecule has 0 spiro atoms. The molecule has 0 saturated heterocycles. The van der Waals surface area contributed by atoms with Crippen molar-refractivity contribution < 1.29 is 22.8 Å². The number of benzene rings is 2. The molecule has 0 radical (unpaired) electrons. The number of nitrogens with zero attached hydrogens (tertiary/aromatic N) is 1. The van der Waals surface area contributed by atoms with Crippen LogP contribution in [0.2, 0.25) is 0 Å². The van der Waals surface area contributed by atoms with Crippen molar-refractivity contribution in [2.45, 2.75) is 12.6 Å². The molecule has 0 aliphatic rings. The summed E-state index contributed by atoms with van der Waals surface area (Å²) in [5.74, 6) is -0.274. The maximum atomic E-state index is 12.7. The molecule has 9 heteroatoms. The maximum Gasteiger partial charge on any atom is 0.416 e. The molecular weight excluding hydrogens is 385 g/mol. The van der Waals surface area contributed by atoms with E-state index in [9.17, 15) is 22.8 Å². The highest BCUT2D eigenvalue weighted by Crippen LogP contribution is 2.29. The Kier molecular flexibility index (Phi) is 5.96. The zero-order chi connectivity index (χ0) is 20.9. The second-order valence-corrected chi connectivity index (χ2v) is 6.12. The first-order valence-corrected chi connectivity index (χ1v) is 8.68. The molecule has 3 aromatic rings. The van der Waals surface area contributed by atoms with Gasteiger partial charge in [0.25, 0.3) is 11.8 Å². The molecule has 0 saturated carbocycles. The number of imidazole rings is 1. The standard InChI is InChI=1S/C20H17F3N4O2/c21-20(22,23)14-7-5-13(6-8-14)18(28)27-16-4-2-1-3-15(16)19(29)26-10-9-17-24-11-12-25-17/h1-8,11-12H,9-10H2,(H,24,25)(H,26,29)(H,27,28). The fraction of sp³-hybridized carbons (Fsp3) is 0.150. The summed E-state index contributed by atoms with van der Waals surface area (Å²) in [5.41, 5.74) is -0.295. The van der Waals surface area contributed by atoms with Gasteiger partial charge in [-0.05, 0) is 36.4 Å². The van der Waals surface area contributed by atoms with Crippen molar-refractivity contribution in [2.75, 3.05) is 11.9 Å². The van der Waals surface area contributed by atoms with Crippen molar-refractivity contribution in [1.82, 2.24) is 15.3 Å². The number of carbonyl (C=O) groups excluding carboxylic acids is 2. The molecule has 1 aromatic heterocycles. The van der Waals surface area contributed by atoms with Crippen LogP contribution >= 0.6 is 0 Å². The minimum Gasteiger partial charge on any atom is -0.352 e. The first-order chi connectivity index (χ1) is 13.8. The quantitative estimate of drug-likeness (QED) is 0.588. The van der Waals surface area contributed by atoms with Crippen LogP contribution in [0.15, 0.2) is 60.9 Å². The average molecular weight is 402 g/mol. The predicted octanol–water partition coefficient (Wildman–Crippen LogP) is 3.65. The minimum absolute atomic E-state index is 0.0473. The van der Waals surface area contributed by atoms with Gasteiger partial charge in [-0.25, -0.2) is 4.98 Å². The molecular formula is C20H17F3N4O2. The SMILES string of the molecule is O=C(Nc1ccccc1C(=O)NCCc1ncc[nH]1)c1ccc(C(F)(F)F)cc1. The fourth-order valence-corrected chi connectivity index (χ4v) is 2.62. The lowest BCUT2D eigenvalue weighted by Crippen LogP contribution is -2.27. The highest BCUT2D eigenvalue weighted by molar-refractivity contribution is 6.09. The number of anilines is 1. The molecule has 2 amide bonds. The average Bonchev–Trinajstić information content (AvgIpc) is 3.21. The van der Waals surface area contributed by atoms with E-state index in [2.05, 4.69) is 20.6 Å². The van der Waals surface area contributed by atoms with Gasteiger partial charge in [0, 0.05) is 30.9 Å². The van der Waals surface area contributed by atoms with E-state index in [1.165, 1.54) is 0 Å². The van der Waals surface area contributed by atoms with Crippen LogP contribution in [-0.2, 0) is 12.6 Å². The number of amides is 2. The molecule has 0 atom stereocenters. The summed E-state index contributed by atoms with van der Waals surface area (Å²) in [4.78, 5) is 31.8. The monoisotopic (exact) mass is 402 g/mol. The number of carbonyl (C=O) groups is 2. The number of hydrogen-bond acceptors (Lipinski definition) is 3. The Hall–Kier alpha value is -3.62. The van der Waals surface area contributed by atoms with Crippen molar-refractivity contribution in [2.24, 2.45) is 0 Å². The van der Waals surface area contributed by atoms with Crippen LogP contribution in [-0.4, -0.2) is 28.3 Å². The van der Waals surface area contributed by atoms with Crippen LogP contribution in [0.3, 0.4) is 0 Å². The van der Waals surface area contributed by atoms with Crippen LogP contribution in [0.4, 0.5) is 18.9 Å². The largest absolute Gasteiger partial charge is 0.416 e. The van der Waals surface area contributed by atoms with Gasteiger partial charge in [0.15, 0.2) is 0 Å². The number of H-pyrrole nitrogens is 1. The Morgan fingerprint density at radius 2 is 1.72 bits per heavy atom. The zero-order valence-electron chi connectivity index (χ0n) is 15.1. The van der Waals surface area contributed by atoms with E-state index in [4.69, 9.17) is 0 Å². The topological polar surface area (TPSA) is 86.9 Å². The normalized spacial score (nSPS) is 11.1. The Morgan fingerprint density at radius 3 is 2.38 bits per heavy atom. The highest BCUT2D eigenvalue weighted by atomic mass is 19.4. The summed E-state index contributed by atoms with van der Waals surface area (Å²) in [6.07, 6.45) is -0.666. The zero-order valence-corrected chi connectivity index (χ0v) is 15.1. The Morgan fingerprint density at radius 1 is 1.00 bits per heavy atom. The van der Waals surface area contributed by atoms with Gasteiger partial charge >= 0.3 is 6.18 Å². The summed E-state index contributed by atoms with van der Waals surface area (Å²) in [6.45, 7) is 0.341. The maximum absolute atomic E-state index is 12.7. The van der Waals surface area contributed by atoms with Crippen molar-refractivity contribution in [3.8, 4) is 0 Å². The molecule has 29 heavy (non-hydrogen) atoms. The van der Waals surface area contributed by atoms with Gasteiger partial charge in [0.05, 0.1) is 16.8 Å². The molecule has 0 fully saturated rings. The Bertz CT molecular complexity index is 984. The van der Waals surface area contributed by atoms with E-state index in [-0.39, 0.29) is 22.7 Å². The smallest absolute Gasteiger partial charge is 0.352 e. The lowest BCUT2D eigenvalue weighted by Gasteiger charge is -2.12. The van der Waals surface area contributed by atoms with E-state index >= 15 is 0 Å². The molecule has 3 N–H and O–H groups in total. The third-order valence-electron chi connectivity index (χ3n) is 4.10. The fourth-order valence-electron chi connectivity index (χ4n) is 2.62. The molecule has 150 valence electrons. The minimum atomic E-state index is -4.48. The van der Waals surface area contributed by atoms with Gasteiger partial charge in [-0.2, -0.15) is 13.2 Å². The third kappa shape index (κ3) is 5.22. The van der Waals surface area contributed by atoms with Gasteiger partial charge in [-0.3, -0.25) is 9.59 Å². The van der Waals surface area contributed by atoms with Gasteiger partial charge < -0.3 is 15.6 Å². The second-order valence-electron chi connectivity index (χ2n) is 6.12. The number of rotatable bonds is 6. The summed E-state index contributed by atoms with van der Waals surface area (Å²) < 4.78 is 38.0. The molecule has 3 rings (SSSR count). The van der Waals surface area contributed by atoms with Gasteiger partial charge in [0.1, 0.15) is 5.82 Å². The van der Waals surface area contributed by atoms with Crippen molar-refractivity contribution in [1.29, 1.82) is 0 Å². The number of hydrogen-bond donors (Lipinski definition) is 3. The van der Waals surface area contributed by atoms with Gasteiger partial charge in [-0.1, -0.05) is 12.1 Å². The van der Waals surface area contributed by atoms with Crippen LogP contribution < -0.4 is 10.6 Å². The third-order valence-corrected chi connectivity index (χ3v) is 4.10. The van der Waals surface area contributed by atoms with Crippen LogP contribution in [0.5, 0.6) is 0 Å². The number of halogens is 3. The summed E-state index contributed by atoms with van der Waals surface area (Å²) in [7, 11) is 0. The number of aromatic amines is 1. The van der Waals surface area contributed by atoms with E-state index in [0.717, 1.165) is 30.1 Å². The van der Waals surface area contributed by atoms with Crippen molar-refractivity contribution in [3.05, 3.63) is 83.4 Å². The second kappa shape index (κ2) is 8.59. The number of alkyl halides is 3. The van der Waals surface area contributed by atoms with E-state index in [1.807, 2.05) is 0 Å². The highest BCUT2D eigenvalue weighted by Gasteiger charge is 2.30. The lowest BCUT2D eigenvalue weighted by molar-refractivity contribution is -0.137. The summed E-state index contributed by atoms with van der Waals surface area (Å²) in [6, 6.07) is 10.2. The first kappa shape index (κ1) is 20.1. The van der Waals surface area contributed by atoms with E-state index in [1.54, 1.807) is 36.7 Å². The Labute approximate surface area is 164 Å². The molecule has 0 aliphatic carbocycles. The molecule has 1 heterocycles. The molecule has 0 bridgehead atoms. The number of nitrogens with one attached hydrogen (secondary N) is 3. The Balaban J connectivity index is 1.66. The van der Waals surface area contributed by atoms with Gasteiger partial charge in [0.2, 0.25) is 0 Å². The van der Waals surface area contributed by atoms with Crippen LogP contribution in [0.1, 0.15) is 32.1 Å².